The molecule has 27 heavy (non-hydrogen) atoms. The number of amides is 1. The van der Waals surface area contributed by atoms with Crippen LogP contribution in [0, 0.1) is 6.92 Å². The van der Waals surface area contributed by atoms with Gasteiger partial charge in [0.2, 0.25) is 10.0 Å². The first kappa shape index (κ1) is 19.0. The third-order valence-corrected chi connectivity index (χ3v) is 6.34. The number of hydrogen-bond donors (Lipinski definition) is 1. The molecule has 1 aliphatic heterocycles. The molecule has 0 unspecified atom stereocenters. The van der Waals surface area contributed by atoms with Crippen LogP contribution < -0.4 is 19.1 Å². The quantitative estimate of drug-likeness (QED) is 0.849. The monoisotopic (exact) mass is 390 g/mol. The second-order valence-electron chi connectivity index (χ2n) is 6.27. The molecule has 1 heterocycles. The van der Waals surface area contributed by atoms with Crippen molar-refractivity contribution in [1.82, 2.24) is 0 Å². The van der Waals surface area contributed by atoms with E-state index in [0.717, 1.165) is 5.56 Å². The molecule has 144 valence electrons. The number of aryl methyl sites for hydroxylation is 1. The molecule has 3 rings (SSSR count). The first-order valence-corrected chi connectivity index (χ1v) is 10.1. The number of methoxy groups -OCH3 is 2. The van der Waals surface area contributed by atoms with Crippen LogP contribution in [0.15, 0.2) is 36.4 Å². The molecule has 7 nitrogen and oxygen atoms in total. The summed E-state index contributed by atoms with van der Waals surface area (Å²) in [5.41, 5.74) is 2.36. The van der Waals surface area contributed by atoms with E-state index in [1.54, 1.807) is 36.4 Å². The number of rotatable bonds is 5. The predicted octanol–water partition coefficient (Wildman–Crippen LogP) is 2.80. The molecule has 1 aliphatic rings. The molecule has 1 fully saturated rings. The highest BCUT2D eigenvalue weighted by molar-refractivity contribution is 7.93. The van der Waals surface area contributed by atoms with Crippen LogP contribution in [0.5, 0.6) is 11.5 Å². The van der Waals surface area contributed by atoms with Crippen LogP contribution in [-0.4, -0.2) is 40.8 Å². The van der Waals surface area contributed by atoms with Crippen molar-refractivity contribution in [2.24, 2.45) is 0 Å². The fraction of sp³-hybridized carbons (Fsp3) is 0.316. The molecule has 0 bridgehead atoms. The molecule has 0 saturated carbocycles. The Morgan fingerprint density at radius 3 is 2.44 bits per heavy atom. The maximum Gasteiger partial charge on any atom is 0.255 e. The van der Waals surface area contributed by atoms with Gasteiger partial charge in [-0.15, -0.1) is 0 Å². The highest BCUT2D eigenvalue weighted by Gasteiger charge is 2.29. The normalized spacial score (nSPS) is 15.4. The summed E-state index contributed by atoms with van der Waals surface area (Å²) in [6, 6.07) is 10.1. The van der Waals surface area contributed by atoms with Crippen molar-refractivity contribution in [2.75, 3.05) is 36.1 Å². The second kappa shape index (κ2) is 7.48. The number of ether oxygens (including phenoxy) is 2. The largest absolute Gasteiger partial charge is 0.493 e. The highest BCUT2D eigenvalue weighted by atomic mass is 32.2. The lowest BCUT2D eigenvalue weighted by atomic mass is 10.1. The van der Waals surface area contributed by atoms with E-state index >= 15 is 0 Å². The van der Waals surface area contributed by atoms with Gasteiger partial charge in [0.1, 0.15) is 0 Å². The predicted molar refractivity (Wildman–Crippen MR) is 104 cm³/mol. The number of benzene rings is 2. The van der Waals surface area contributed by atoms with Crippen molar-refractivity contribution in [3.05, 3.63) is 47.5 Å². The molecule has 1 amide bonds. The molecule has 2 aromatic carbocycles. The number of anilines is 2. The van der Waals surface area contributed by atoms with Gasteiger partial charge < -0.3 is 14.8 Å². The topological polar surface area (TPSA) is 84.9 Å². The fourth-order valence-electron chi connectivity index (χ4n) is 3.05. The lowest BCUT2D eigenvalue weighted by Crippen LogP contribution is -2.26. The van der Waals surface area contributed by atoms with Gasteiger partial charge in [-0.25, -0.2) is 8.42 Å². The lowest BCUT2D eigenvalue weighted by Gasteiger charge is -2.20. The summed E-state index contributed by atoms with van der Waals surface area (Å²) >= 11 is 0. The maximum absolute atomic E-state index is 12.6. The van der Waals surface area contributed by atoms with Crippen LogP contribution in [0.3, 0.4) is 0 Å². The van der Waals surface area contributed by atoms with Gasteiger partial charge in [-0.05, 0) is 49.2 Å². The second-order valence-corrected chi connectivity index (χ2v) is 8.28. The minimum Gasteiger partial charge on any atom is -0.493 e. The summed E-state index contributed by atoms with van der Waals surface area (Å²) in [5.74, 6) is 0.813. The van der Waals surface area contributed by atoms with Gasteiger partial charge in [0.15, 0.2) is 11.5 Å². The van der Waals surface area contributed by atoms with Crippen molar-refractivity contribution in [2.45, 2.75) is 13.3 Å². The average molecular weight is 390 g/mol. The molecule has 0 aliphatic carbocycles. The molecule has 1 saturated heterocycles. The van der Waals surface area contributed by atoms with E-state index in [1.807, 2.05) is 6.92 Å². The molecule has 0 atom stereocenters. The van der Waals surface area contributed by atoms with Crippen molar-refractivity contribution >= 4 is 27.3 Å². The minimum atomic E-state index is -3.29. The summed E-state index contributed by atoms with van der Waals surface area (Å²) < 4.78 is 36.2. The van der Waals surface area contributed by atoms with E-state index in [-0.39, 0.29) is 11.7 Å². The Hall–Kier alpha value is -2.74. The first-order chi connectivity index (χ1) is 12.9. The zero-order chi connectivity index (χ0) is 19.6. The highest BCUT2D eigenvalue weighted by Crippen LogP contribution is 2.31. The SMILES string of the molecule is COc1ccc(C(=O)Nc2ccc(C)c(N3CCCS3(=O)=O)c2)cc1OC. The van der Waals surface area contributed by atoms with Crippen LogP contribution in [0.1, 0.15) is 22.3 Å². The van der Waals surface area contributed by atoms with Crippen molar-refractivity contribution < 1.29 is 22.7 Å². The van der Waals surface area contributed by atoms with Crippen molar-refractivity contribution in [1.29, 1.82) is 0 Å². The molecule has 1 N–H and O–H groups in total. The Balaban J connectivity index is 1.86. The van der Waals surface area contributed by atoms with Gasteiger partial charge in [0.25, 0.3) is 5.91 Å². The van der Waals surface area contributed by atoms with E-state index in [1.165, 1.54) is 18.5 Å². The van der Waals surface area contributed by atoms with Crippen LogP contribution >= 0.6 is 0 Å². The molecule has 0 aromatic heterocycles. The van der Waals surface area contributed by atoms with Gasteiger partial charge in [0, 0.05) is 17.8 Å². The number of carbonyl (C=O) groups is 1. The van der Waals surface area contributed by atoms with Gasteiger partial charge in [-0.2, -0.15) is 0 Å². The Labute approximate surface area is 158 Å². The third kappa shape index (κ3) is 3.85. The molecule has 2 aromatic rings. The number of hydrogen-bond acceptors (Lipinski definition) is 5. The molecular weight excluding hydrogens is 368 g/mol. The Bertz CT molecular complexity index is 972. The van der Waals surface area contributed by atoms with E-state index in [9.17, 15) is 13.2 Å². The summed E-state index contributed by atoms with van der Waals surface area (Å²) in [5, 5.41) is 2.81. The smallest absolute Gasteiger partial charge is 0.255 e. The van der Waals surface area contributed by atoms with Crippen LogP contribution in [0.25, 0.3) is 0 Å². The van der Waals surface area contributed by atoms with Crippen molar-refractivity contribution in [3.8, 4) is 11.5 Å². The number of nitrogens with zero attached hydrogens (tertiary/aromatic N) is 1. The Morgan fingerprint density at radius 2 is 1.81 bits per heavy atom. The van der Waals surface area contributed by atoms with E-state index in [4.69, 9.17) is 9.47 Å². The third-order valence-electron chi connectivity index (χ3n) is 4.48. The van der Waals surface area contributed by atoms with E-state index < -0.39 is 10.0 Å². The molecule has 8 heteroatoms. The lowest BCUT2D eigenvalue weighted by molar-refractivity contribution is 0.102. The zero-order valence-electron chi connectivity index (χ0n) is 15.5. The van der Waals surface area contributed by atoms with Gasteiger partial charge in [-0.3, -0.25) is 9.10 Å². The molecule has 0 spiro atoms. The van der Waals surface area contributed by atoms with Gasteiger partial charge >= 0.3 is 0 Å². The Morgan fingerprint density at radius 1 is 1.07 bits per heavy atom. The summed E-state index contributed by atoms with van der Waals surface area (Å²) in [6.07, 6.45) is 0.601. The molecular formula is C19H22N2O5S. The van der Waals surface area contributed by atoms with Crippen LogP contribution in [0.4, 0.5) is 11.4 Å². The first-order valence-electron chi connectivity index (χ1n) is 8.50. The van der Waals surface area contributed by atoms with Crippen LogP contribution in [-0.2, 0) is 10.0 Å². The summed E-state index contributed by atoms with van der Waals surface area (Å²) in [7, 11) is -0.259. The fourth-order valence-corrected chi connectivity index (χ4v) is 4.66. The standard InChI is InChI=1S/C19H22N2O5S/c1-13-5-7-15(12-16(13)21-9-4-10-27(21,23)24)20-19(22)14-6-8-17(25-2)18(11-14)26-3/h5-8,11-12H,4,9-10H2,1-3H3,(H,20,22). The maximum atomic E-state index is 12.6. The number of carbonyl (C=O) groups excluding carboxylic acids is 1. The number of nitrogens with one attached hydrogen (secondary N) is 1. The average Bonchev–Trinajstić information content (AvgIpc) is 3.01. The van der Waals surface area contributed by atoms with Crippen LogP contribution in [0.2, 0.25) is 0 Å². The van der Waals surface area contributed by atoms with E-state index in [0.29, 0.717) is 41.4 Å². The summed E-state index contributed by atoms with van der Waals surface area (Å²) in [6.45, 7) is 2.30. The Kier molecular flexibility index (Phi) is 5.27. The minimum absolute atomic E-state index is 0.147. The van der Waals surface area contributed by atoms with Crippen molar-refractivity contribution in [3.63, 3.8) is 0 Å². The zero-order valence-corrected chi connectivity index (χ0v) is 16.3. The van der Waals surface area contributed by atoms with Gasteiger partial charge in [-0.1, -0.05) is 6.07 Å². The van der Waals surface area contributed by atoms with E-state index in [2.05, 4.69) is 5.32 Å². The number of sulfonamides is 1. The molecule has 0 radical (unpaired) electrons. The summed E-state index contributed by atoms with van der Waals surface area (Å²) in [4.78, 5) is 12.6. The van der Waals surface area contributed by atoms with Gasteiger partial charge in [0.05, 0.1) is 25.7 Å².